The van der Waals surface area contributed by atoms with Crippen molar-refractivity contribution in [3.63, 3.8) is 0 Å². The summed E-state index contributed by atoms with van der Waals surface area (Å²) in [5.41, 5.74) is 1.98. The quantitative estimate of drug-likeness (QED) is 0.704. The lowest BCUT2D eigenvalue weighted by molar-refractivity contribution is 0.452. The molecule has 1 rings (SSSR count). The fraction of sp³-hybridized carbons (Fsp3) is 0.500. The average Bonchev–Trinajstić information content (AvgIpc) is 2.42. The highest BCUT2D eigenvalue weighted by atomic mass is 16.3. The predicted octanol–water partition coefficient (Wildman–Crippen LogP) is 3.47. The molecular weight excluding hydrogens is 236 g/mol. The van der Waals surface area contributed by atoms with Crippen LogP contribution in [0.1, 0.15) is 38.8 Å². The summed E-state index contributed by atoms with van der Waals surface area (Å²) in [6.07, 6.45) is 2.96. The van der Waals surface area contributed by atoms with E-state index in [1.165, 1.54) is 0 Å². The Morgan fingerprint density at radius 1 is 1.42 bits per heavy atom. The van der Waals surface area contributed by atoms with Crippen LogP contribution >= 0.6 is 0 Å². The molecule has 1 unspecified atom stereocenters. The molecule has 19 heavy (non-hydrogen) atoms. The van der Waals surface area contributed by atoms with E-state index in [4.69, 9.17) is 0 Å². The SMILES string of the molecule is C=CCN(CC)c1ccc(C(C)NCCC)c(O)c1. The molecule has 2 N–H and O–H groups in total. The van der Waals surface area contributed by atoms with Gasteiger partial charge in [0.15, 0.2) is 0 Å². The van der Waals surface area contributed by atoms with E-state index in [2.05, 4.69) is 43.6 Å². The number of benzene rings is 1. The Kier molecular flexibility index (Phi) is 6.43. The molecule has 0 aromatic heterocycles. The lowest BCUT2D eigenvalue weighted by atomic mass is 10.1. The predicted molar refractivity (Wildman–Crippen MR) is 82.9 cm³/mol. The lowest BCUT2D eigenvalue weighted by Crippen LogP contribution is -2.23. The van der Waals surface area contributed by atoms with Crippen molar-refractivity contribution in [1.29, 1.82) is 0 Å². The Morgan fingerprint density at radius 3 is 2.68 bits per heavy atom. The molecule has 1 aromatic rings. The molecule has 1 atom stereocenters. The van der Waals surface area contributed by atoms with Crippen LogP contribution < -0.4 is 10.2 Å². The molecule has 0 heterocycles. The van der Waals surface area contributed by atoms with E-state index < -0.39 is 0 Å². The number of phenolic OH excluding ortho intramolecular Hbond substituents is 1. The summed E-state index contributed by atoms with van der Waals surface area (Å²) in [7, 11) is 0. The average molecular weight is 262 g/mol. The molecule has 0 aliphatic carbocycles. The molecule has 3 heteroatoms. The summed E-state index contributed by atoms with van der Waals surface area (Å²) in [4.78, 5) is 2.17. The van der Waals surface area contributed by atoms with Gasteiger partial charge < -0.3 is 15.3 Å². The zero-order valence-corrected chi connectivity index (χ0v) is 12.3. The molecule has 0 spiro atoms. The van der Waals surface area contributed by atoms with Gasteiger partial charge in [-0.1, -0.05) is 19.1 Å². The molecule has 0 radical (unpaired) electrons. The number of aromatic hydroxyl groups is 1. The molecule has 0 saturated carbocycles. The minimum absolute atomic E-state index is 0.170. The molecule has 0 aliphatic rings. The number of hydrogen-bond donors (Lipinski definition) is 2. The van der Waals surface area contributed by atoms with Crippen molar-refractivity contribution in [2.24, 2.45) is 0 Å². The third kappa shape index (κ3) is 4.28. The molecule has 0 bridgehead atoms. The van der Waals surface area contributed by atoms with Crippen LogP contribution in [0.4, 0.5) is 5.69 Å². The lowest BCUT2D eigenvalue weighted by Gasteiger charge is -2.23. The molecule has 0 fully saturated rings. The zero-order valence-electron chi connectivity index (χ0n) is 12.3. The van der Waals surface area contributed by atoms with Crippen molar-refractivity contribution >= 4 is 5.69 Å². The van der Waals surface area contributed by atoms with Crippen molar-refractivity contribution < 1.29 is 5.11 Å². The molecule has 1 aromatic carbocycles. The molecule has 0 amide bonds. The van der Waals surface area contributed by atoms with Crippen LogP contribution in [0.5, 0.6) is 5.75 Å². The number of phenols is 1. The number of likely N-dealkylation sites (N-methyl/N-ethyl adjacent to an activating group) is 1. The van der Waals surface area contributed by atoms with Gasteiger partial charge in [-0.2, -0.15) is 0 Å². The second kappa shape index (κ2) is 7.85. The van der Waals surface area contributed by atoms with Gasteiger partial charge in [-0.15, -0.1) is 6.58 Å². The smallest absolute Gasteiger partial charge is 0.122 e. The maximum Gasteiger partial charge on any atom is 0.122 e. The van der Waals surface area contributed by atoms with Gasteiger partial charge >= 0.3 is 0 Å². The van der Waals surface area contributed by atoms with E-state index in [1.54, 1.807) is 0 Å². The van der Waals surface area contributed by atoms with Gasteiger partial charge in [-0.3, -0.25) is 0 Å². The minimum Gasteiger partial charge on any atom is -0.508 e. The Balaban J connectivity index is 2.86. The minimum atomic E-state index is 0.170. The Bertz CT molecular complexity index is 404. The maximum absolute atomic E-state index is 10.2. The summed E-state index contributed by atoms with van der Waals surface area (Å²) in [5.74, 6) is 0.358. The van der Waals surface area contributed by atoms with Crippen molar-refractivity contribution in [2.45, 2.75) is 33.2 Å². The van der Waals surface area contributed by atoms with Gasteiger partial charge in [0.25, 0.3) is 0 Å². The largest absolute Gasteiger partial charge is 0.508 e. The number of nitrogens with one attached hydrogen (secondary N) is 1. The number of nitrogens with zero attached hydrogens (tertiary/aromatic N) is 1. The van der Waals surface area contributed by atoms with Crippen LogP contribution in [0, 0.1) is 0 Å². The first-order valence-electron chi connectivity index (χ1n) is 7.06. The highest BCUT2D eigenvalue weighted by Crippen LogP contribution is 2.29. The van der Waals surface area contributed by atoms with E-state index in [9.17, 15) is 5.11 Å². The van der Waals surface area contributed by atoms with Gasteiger partial charge in [0.2, 0.25) is 0 Å². The van der Waals surface area contributed by atoms with Gasteiger partial charge in [0, 0.05) is 36.4 Å². The van der Waals surface area contributed by atoms with Crippen LogP contribution in [-0.2, 0) is 0 Å². The second-order valence-corrected chi connectivity index (χ2v) is 4.75. The fourth-order valence-corrected chi connectivity index (χ4v) is 2.14. The van der Waals surface area contributed by atoms with Crippen LogP contribution in [0.2, 0.25) is 0 Å². The van der Waals surface area contributed by atoms with E-state index in [1.807, 2.05) is 18.2 Å². The Morgan fingerprint density at radius 2 is 2.16 bits per heavy atom. The molecule has 0 saturated heterocycles. The summed E-state index contributed by atoms with van der Waals surface area (Å²) in [6.45, 7) is 12.7. The van der Waals surface area contributed by atoms with Crippen LogP contribution in [0.15, 0.2) is 30.9 Å². The topological polar surface area (TPSA) is 35.5 Å². The summed E-state index contributed by atoms with van der Waals surface area (Å²) in [6, 6.07) is 6.08. The van der Waals surface area contributed by atoms with Gasteiger partial charge in [0.05, 0.1) is 0 Å². The molecule has 3 nitrogen and oxygen atoms in total. The summed E-state index contributed by atoms with van der Waals surface area (Å²) < 4.78 is 0. The number of rotatable bonds is 8. The Labute approximate surface area is 116 Å². The van der Waals surface area contributed by atoms with Gasteiger partial charge in [-0.05, 0) is 32.9 Å². The van der Waals surface area contributed by atoms with E-state index in [0.717, 1.165) is 37.3 Å². The van der Waals surface area contributed by atoms with Gasteiger partial charge in [0.1, 0.15) is 5.75 Å². The van der Waals surface area contributed by atoms with Crippen LogP contribution in [0.3, 0.4) is 0 Å². The highest BCUT2D eigenvalue weighted by molar-refractivity contribution is 5.54. The summed E-state index contributed by atoms with van der Waals surface area (Å²) in [5, 5.41) is 13.6. The first kappa shape index (κ1) is 15.6. The molecular formula is C16H26N2O. The van der Waals surface area contributed by atoms with Crippen molar-refractivity contribution in [2.75, 3.05) is 24.5 Å². The number of anilines is 1. The van der Waals surface area contributed by atoms with Crippen molar-refractivity contribution in [1.82, 2.24) is 5.32 Å². The molecule has 106 valence electrons. The van der Waals surface area contributed by atoms with E-state index in [-0.39, 0.29) is 6.04 Å². The van der Waals surface area contributed by atoms with Crippen molar-refractivity contribution in [3.05, 3.63) is 36.4 Å². The van der Waals surface area contributed by atoms with E-state index in [0.29, 0.717) is 5.75 Å². The normalized spacial score (nSPS) is 12.2. The first-order chi connectivity index (χ1) is 9.13. The second-order valence-electron chi connectivity index (χ2n) is 4.75. The van der Waals surface area contributed by atoms with Crippen molar-refractivity contribution in [3.8, 4) is 5.75 Å². The van der Waals surface area contributed by atoms with Gasteiger partial charge in [-0.25, -0.2) is 0 Å². The first-order valence-corrected chi connectivity index (χ1v) is 7.06. The number of hydrogen-bond acceptors (Lipinski definition) is 3. The third-order valence-electron chi connectivity index (χ3n) is 3.28. The van der Waals surface area contributed by atoms with E-state index >= 15 is 0 Å². The monoisotopic (exact) mass is 262 g/mol. The fourth-order valence-electron chi connectivity index (χ4n) is 2.14. The standard InChI is InChI=1S/C16H26N2O/c1-5-10-17-13(4)15-9-8-14(12-16(15)19)18(7-3)11-6-2/h6,8-9,12-13,17,19H,2,5,7,10-11H2,1,3-4H3. The zero-order chi connectivity index (χ0) is 14.3. The Hall–Kier alpha value is -1.48. The molecule has 0 aliphatic heterocycles. The van der Waals surface area contributed by atoms with Crippen LogP contribution in [0.25, 0.3) is 0 Å². The maximum atomic E-state index is 10.2. The summed E-state index contributed by atoms with van der Waals surface area (Å²) >= 11 is 0. The highest BCUT2D eigenvalue weighted by Gasteiger charge is 2.11. The van der Waals surface area contributed by atoms with Crippen LogP contribution in [-0.4, -0.2) is 24.7 Å². The third-order valence-corrected chi connectivity index (χ3v) is 3.28.